The van der Waals surface area contributed by atoms with Crippen LogP contribution in [0.1, 0.15) is 29.7 Å². The molecule has 174 valence electrons. The maximum absolute atomic E-state index is 13.0. The zero-order chi connectivity index (χ0) is 23.4. The monoisotopic (exact) mass is 451 g/mol. The standard InChI is InChI=1S/C25H29N3O5/c1-4-33-24(29)22-19(26-25(30)27-23(22)16-8-6-5-7-9-16)15-28-11-10-17-12-20(31-2)21(32-3)13-18(17)14-28/h5-9,12-13,23H,4,10-11,14-15H2,1-3H3,(H2,26,27,30)/t23-/m0/s1. The molecule has 0 bridgehead atoms. The van der Waals surface area contributed by atoms with Gasteiger partial charge in [-0.15, -0.1) is 0 Å². The van der Waals surface area contributed by atoms with Crippen LogP contribution < -0.4 is 20.1 Å². The lowest BCUT2D eigenvalue weighted by atomic mass is 9.94. The van der Waals surface area contributed by atoms with Crippen molar-refractivity contribution in [2.24, 2.45) is 0 Å². The van der Waals surface area contributed by atoms with Crippen molar-refractivity contribution in [2.75, 3.05) is 33.9 Å². The van der Waals surface area contributed by atoms with Crippen molar-refractivity contribution in [3.63, 3.8) is 0 Å². The normalized spacial score (nSPS) is 18.2. The molecule has 33 heavy (non-hydrogen) atoms. The Kier molecular flexibility index (Phi) is 6.84. The Bertz CT molecular complexity index is 1070. The Morgan fingerprint density at radius 2 is 1.79 bits per heavy atom. The Morgan fingerprint density at radius 1 is 1.09 bits per heavy atom. The lowest BCUT2D eigenvalue weighted by Gasteiger charge is -2.34. The van der Waals surface area contributed by atoms with Crippen molar-refractivity contribution >= 4 is 12.0 Å². The van der Waals surface area contributed by atoms with Crippen LogP contribution in [-0.4, -0.2) is 50.8 Å². The third-order valence-electron chi connectivity index (χ3n) is 5.96. The number of amides is 2. The predicted octanol–water partition coefficient (Wildman–Crippen LogP) is 2.93. The van der Waals surface area contributed by atoms with Crippen LogP contribution in [0, 0.1) is 0 Å². The predicted molar refractivity (Wildman–Crippen MR) is 123 cm³/mol. The fourth-order valence-electron chi connectivity index (χ4n) is 4.39. The van der Waals surface area contributed by atoms with Gasteiger partial charge in [0.2, 0.25) is 0 Å². The molecule has 4 rings (SSSR count). The summed E-state index contributed by atoms with van der Waals surface area (Å²) in [5, 5.41) is 5.73. The van der Waals surface area contributed by atoms with E-state index in [0.717, 1.165) is 24.1 Å². The molecule has 2 aromatic rings. The van der Waals surface area contributed by atoms with E-state index in [0.29, 0.717) is 35.9 Å². The van der Waals surface area contributed by atoms with Gasteiger partial charge in [-0.3, -0.25) is 4.90 Å². The van der Waals surface area contributed by atoms with Crippen molar-refractivity contribution < 1.29 is 23.8 Å². The maximum Gasteiger partial charge on any atom is 0.338 e. The van der Waals surface area contributed by atoms with Crippen LogP contribution in [-0.2, 0) is 22.5 Å². The topological polar surface area (TPSA) is 89.1 Å². The number of benzene rings is 2. The molecule has 2 N–H and O–H groups in total. The van der Waals surface area contributed by atoms with E-state index < -0.39 is 12.0 Å². The van der Waals surface area contributed by atoms with Gasteiger partial charge in [0.15, 0.2) is 11.5 Å². The van der Waals surface area contributed by atoms with Crippen LogP contribution in [0.2, 0.25) is 0 Å². The molecule has 0 radical (unpaired) electrons. The summed E-state index contributed by atoms with van der Waals surface area (Å²) in [5.41, 5.74) is 4.17. The molecular weight excluding hydrogens is 422 g/mol. The molecule has 8 nitrogen and oxygen atoms in total. The molecular formula is C25H29N3O5. The molecule has 2 aliphatic rings. The number of nitrogens with one attached hydrogen (secondary N) is 2. The number of nitrogens with zero attached hydrogens (tertiary/aromatic N) is 1. The number of carbonyl (C=O) groups is 2. The Morgan fingerprint density at radius 3 is 2.45 bits per heavy atom. The molecule has 0 saturated carbocycles. The van der Waals surface area contributed by atoms with E-state index >= 15 is 0 Å². The lowest BCUT2D eigenvalue weighted by Crippen LogP contribution is -2.49. The summed E-state index contributed by atoms with van der Waals surface area (Å²) >= 11 is 0. The van der Waals surface area contributed by atoms with E-state index in [9.17, 15) is 9.59 Å². The van der Waals surface area contributed by atoms with Crippen molar-refractivity contribution in [1.29, 1.82) is 0 Å². The SMILES string of the molecule is CCOC(=O)C1=C(CN2CCc3cc(OC)c(OC)cc3C2)NC(=O)N[C@H]1c1ccccc1. The molecule has 0 aromatic heterocycles. The first kappa shape index (κ1) is 22.7. The molecule has 0 fully saturated rings. The average molecular weight is 452 g/mol. The molecule has 2 amide bonds. The number of hydrogen-bond acceptors (Lipinski definition) is 6. The highest BCUT2D eigenvalue weighted by atomic mass is 16.5. The fourth-order valence-corrected chi connectivity index (χ4v) is 4.39. The summed E-state index contributed by atoms with van der Waals surface area (Å²) in [6.45, 7) is 3.88. The van der Waals surface area contributed by atoms with Crippen LogP contribution in [0.25, 0.3) is 0 Å². The van der Waals surface area contributed by atoms with Crippen molar-refractivity contribution in [3.05, 3.63) is 70.4 Å². The number of hydrogen-bond donors (Lipinski definition) is 2. The van der Waals surface area contributed by atoms with Gasteiger partial charge in [-0.05, 0) is 42.2 Å². The van der Waals surface area contributed by atoms with E-state index in [-0.39, 0.29) is 12.6 Å². The Hall–Kier alpha value is -3.52. The van der Waals surface area contributed by atoms with Crippen LogP contribution in [0.15, 0.2) is 53.7 Å². The third-order valence-corrected chi connectivity index (χ3v) is 5.96. The lowest BCUT2D eigenvalue weighted by molar-refractivity contribution is -0.139. The highest BCUT2D eigenvalue weighted by Gasteiger charge is 2.34. The highest BCUT2D eigenvalue weighted by Crippen LogP contribution is 2.34. The van der Waals surface area contributed by atoms with Gasteiger partial charge in [-0.1, -0.05) is 30.3 Å². The molecule has 2 heterocycles. The van der Waals surface area contributed by atoms with Gasteiger partial charge in [0.05, 0.1) is 32.4 Å². The minimum atomic E-state index is -0.574. The molecule has 0 unspecified atom stereocenters. The van der Waals surface area contributed by atoms with Gasteiger partial charge in [0.25, 0.3) is 0 Å². The van der Waals surface area contributed by atoms with Crippen LogP contribution >= 0.6 is 0 Å². The minimum absolute atomic E-state index is 0.254. The van der Waals surface area contributed by atoms with Crippen LogP contribution in [0.4, 0.5) is 4.79 Å². The Labute approximate surface area is 193 Å². The average Bonchev–Trinajstić information content (AvgIpc) is 2.83. The number of methoxy groups -OCH3 is 2. The Balaban J connectivity index is 1.65. The molecule has 1 atom stereocenters. The van der Waals surface area contributed by atoms with Crippen molar-refractivity contribution in [3.8, 4) is 11.5 Å². The first-order valence-corrected chi connectivity index (χ1v) is 11.0. The van der Waals surface area contributed by atoms with Gasteiger partial charge >= 0.3 is 12.0 Å². The summed E-state index contributed by atoms with van der Waals surface area (Å²) in [6, 6.07) is 12.6. The van der Waals surface area contributed by atoms with Crippen molar-refractivity contribution in [1.82, 2.24) is 15.5 Å². The quantitative estimate of drug-likeness (QED) is 0.630. The van der Waals surface area contributed by atoms with Crippen LogP contribution in [0.5, 0.6) is 11.5 Å². The van der Waals surface area contributed by atoms with E-state index in [1.807, 2.05) is 42.5 Å². The number of fused-ring (bicyclic) bond motifs is 1. The van der Waals surface area contributed by atoms with E-state index in [1.165, 1.54) is 5.56 Å². The van der Waals surface area contributed by atoms with Crippen molar-refractivity contribution in [2.45, 2.75) is 25.9 Å². The number of rotatable bonds is 7. The second kappa shape index (κ2) is 9.95. The molecule has 8 heteroatoms. The van der Waals surface area contributed by atoms with Crippen LogP contribution in [0.3, 0.4) is 0 Å². The number of urea groups is 1. The molecule has 0 spiro atoms. The number of esters is 1. The first-order valence-electron chi connectivity index (χ1n) is 11.0. The molecule has 0 aliphatic carbocycles. The third kappa shape index (κ3) is 4.80. The summed E-state index contributed by atoms with van der Waals surface area (Å²) in [4.78, 5) is 27.7. The van der Waals surface area contributed by atoms with Gasteiger partial charge in [0, 0.05) is 25.3 Å². The van der Waals surface area contributed by atoms with E-state index in [2.05, 4.69) is 15.5 Å². The zero-order valence-corrected chi connectivity index (χ0v) is 19.1. The minimum Gasteiger partial charge on any atom is -0.493 e. The summed E-state index contributed by atoms with van der Waals surface area (Å²) < 4.78 is 16.3. The summed E-state index contributed by atoms with van der Waals surface area (Å²) in [6.07, 6.45) is 0.825. The largest absolute Gasteiger partial charge is 0.493 e. The van der Waals surface area contributed by atoms with Gasteiger partial charge in [-0.25, -0.2) is 9.59 Å². The second-order valence-corrected chi connectivity index (χ2v) is 7.99. The summed E-state index contributed by atoms with van der Waals surface area (Å²) in [7, 11) is 3.25. The first-order chi connectivity index (χ1) is 16.0. The number of ether oxygens (including phenoxy) is 3. The van der Waals surface area contributed by atoms with Gasteiger partial charge < -0.3 is 24.8 Å². The zero-order valence-electron chi connectivity index (χ0n) is 19.1. The summed E-state index contributed by atoms with van der Waals surface area (Å²) in [5.74, 6) is 0.967. The van der Waals surface area contributed by atoms with Gasteiger partial charge in [-0.2, -0.15) is 0 Å². The molecule has 2 aromatic carbocycles. The van der Waals surface area contributed by atoms with Gasteiger partial charge in [0.1, 0.15) is 0 Å². The second-order valence-electron chi connectivity index (χ2n) is 7.99. The number of carbonyl (C=O) groups excluding carboxylic acids is 2. The van der Waals surface area contributed by atoms with E-state index in [4.69, 9.17) is 14.2 Å². The molecule has 0 saturated heterocycles. The highest BCUT2D eigenvalue weighted by molar-refractivity contribution is 5.95. The maximum atomic E-state index is 13.0. The fraction of sp³-hybridized carbons (Fsp3) is 0.360. The smallest absolute Gasteiger partial charge is 0.338 e. The molecule has 2 aliphatic heterocycles. The van der Waals surface area contributed by atoms with E-state index in [1.54, 1.807) is 21.1 Å².